The molecule has 2 aromatic rings. The molecule has 2 atom stereocenters. The lowest BCUT2D eigenvalue weighted by Crippen LogP contribution is -2.53. The molecule has 3 rings (SSSR count). The average Bonchev–Trinajstić information content (AvgIpc) is 3.25. The standard InChI is InChI=1S/C25H34N2O4S/c1-6-13-26(18(2)25(3,4)29)16-24(28)27-14-11-23-19(12-15-32-23)20(27)17-31-22-10-8-7-9-21(22)30-5/h6-10,12,15,18,20,29H,1,11,13-14,16-17H2,2-5H3. The Morgan fingerprint density at radius 3 is 2.75 bits per heavy atom. The van der Waals surface area contributed by atoms with Crippen LogP contribution in [0.1, 0.15) is 37.3 Å². The van der Waals surface area contributed by atoms with E-state index in [4.69, 9.17) is 9.47 Å². The van der Waals surface area contributed by atoms with Crippen LogP contribution in [0.25, 0.3) is 0 Å². The van der Waals surface area contributed by atoms with E-state index in [1.807, 2.05) is 41.0 Å². The Hall–Kier alpha value is -2.35. The first-order valence-electron chi connectivity index (χ1n) is 10.9. The quantitative estimate of drug-likeness (QED) is 0.547. The molecule has 7 heteroatoms. The normalized spacial score (nSPS) is 17.1. The van der Waals surface area contributed by atoms with Crippen molar-refractivity contribution in [2.75, 3.05) is 33.4 Å². The molecule has 6 nitrogen and oxygen atoms in total. The van der Waals surface area contributed by atoms with E-state index in [0.29, 0.717) is 31.2 Å². The summed E-state index contributed by atoms with van der Waals surface area (Å²) in [4.78, 5) is 18.7. The second-order valence-corrected chi connectivity index (χ2v) is 9.66. The van der Waals surface area contributed by atoms with E-state index in [1.54, 1.807) is 38.4 Å². The number of rotatable bonds is 10. The van der Waals surface area contributed by atoms with Crippen molar-refractivity contribution in [3.05, 3.63) is 58.8 Å². The fraction of sp³-hybridized carbons (Fsp3) is 0.480. The molecule has 0 aliphatic carbocycles. The monoisotopic (exact) mass is 458 g/mol. The van der Waals surface area contributed by atoms with Crippen LogP contribution in [0, 0.1) is 0 Å². The Morgan fingerprint density at radius 1 is 1.38 bits per heavy atom. The van der Waals surface area contributed by atoms with Gasteiger partial charge in [-0.15, -0.1) is 17.9 Å². The van der Waals surface area contributed by atoms with Crippen molar-refractivity contribution >= 4 is 17.2 Å². The van der Waals surface area contributed by atoms with Gasteiger partial charge >= 0.3 is 0 Å². The largest absolute Gasteiger partial charge is 0.493 e. The van der Waals surface area contributed by atoms with E-state index < -0.39 is 5.60 Å². The van der Waals surface area contributed by atoms with Gasteiger partial charge < -0.3 is 19.5 Å². The second kappa shape index (κ2) is 10.5. The van der Waals surface area contributed by atoms with E-state index in [1.165, 1.54) is 4.88 Å². The summed E-state index contributed by atoms with van der Waals surface area (Å²) in [6.45, 7) is 11.0. The number of thiophene rings is 1. The molecule has 0 radical (unpaired) electrons. The molecule has 1 N–H and O–H groups in total. The molecule has 1 aromatic heterocycles. The SMILES string of the molecule is C=CCN(CC(=O)N1CCc2sccc2C1COc1ccccc1OC)C(C)C(C)(C)O. The number of carbonyl (C=O) groups is 1. The molecule has 0 spiro atoms. The Balaban J connectivity index is 1.80. The number of benzene rings is 1. The van der Waals surface area contributed by atoms with Gasteiger partial charge in [0.15, 0.2) is 11.5 Å². The van der Waals surface area contributed by atoms with Crippen molar-refractivity contribution in [3.63, 3.8) is 0 Å². The van der Waals surface area contributed by atoms with E-state index in [-0.39, 0.29) is 24.5 Å². The molecule has 1 amide bonds. The maximum Gasteiger partial charge on any atom is 0.237 e. The molecule has 1 aliphatic heterocycles. The van der Waals surface area contributed by atoms with E-state index in [0.717, 1.165) is 12.0 Å². The summed E-state index contributed by atoms with van der Waals surface area (Å²) in [5, 5.41) is 12.6. The van der Waals surface area contributed by atoms with Crippen LogP contribution in [0.2, 0.25) is 0 Å². The molecule has 0 fully saturated rings. The van der Waals surface area contributed by atoms with Crippen LogP contribution in [0.15, 0.2) is 48.4 Å². The van der Waals surface area contributed by atoms with Crippen molar-refractivity contribution in [1.82, 2.24) is 9.80 Å². The highest BCUT2D eigenvalue weighted by atomic mass is 32.1. The molecular formula is C25H34N2O4S. The minimum absolute atomic E-state index is 0.0217. The summed E-state index contributed by atoms with van der Waals surface area (Å²) in [6.07, 6.45) is 2.61. The number of carbonyl (C=O) groups excluding carboxylic acids is 1. The Labute approximate surface area is 195 Å². The summed E-state index contributed by atoms with van der Waals surface area (Å²) in [6, 6.07) is 9.26. The summed E-state index contributed by atoms with van der Waals surface area (Å²) in [5.41, 5.74) is 0.216. The van der Waals surface area contributed by atoms with Gasteiger partial charge in [-0.05, 0) is 56.3 Å². The van der Waals surface area contributed by atoms with E-state index in [9.17, 15) is 9.90 Å². The third-order valence-corrected chi connectivity index (χ3v) is 7.15. The lowest BCUT2D eigenvalue weighted by atomic mass is 9.98. The fourth-order valence-corrected chi connectivity index (χ4v) is 4.95. The van der Waals surface area contributed by atoms with Crippen LogP contribution in [0.4, 0.5) is 0 Å². The van der Waals surface area contributed by atoms with Gasteiger partial charge in [-0.25, -0.2) is 0 Å². The number of aliphatic hydroxyl groups is 1. The minimum atomic E-state index is -0.932. The van der Waals surface area contributed by atoms with Gasteiger partial charge in [-0.3, -0.25) is 9.69 Å². The van der Waals surface area contributed by atoms with Gasteiger partial charge in [0.05, 0.1) is 25.3 Å². The number of para-hydroxylation sites is 2. The maximum atomic E-state index is 13.5. The van der Waals surface area contributed by atoms with Gasteiger partial charge in [0.2, 0.25) is 5.91 Å². The number of hydrogen-bond donors (Lipinski definition) is 1. The molecule has 0 saturated carbocycles. The Bertz CT molecular complexity index is 921. The van der Waals surface area contributed by atoms with Gasteiger partial charge in [0.1, 0.15) is 6.61 Å². The zero-order chi connectivity index (χ0) is 23.3. The van der Waals surface area contributed by atoms with Crippen LogP contribution in [0.5, 0.6) is 11.5 Å². The van der Waals surface area contributed by atoms with Crippen molar-refractivity contribution < 1.29 is 19.4 Å². The van der Waals surface area contributed by atoms with Crippen LogP contribution in [0.3, 0.4) is 0 Å². The molecule has 1 aromatic carbocycles. The smallest absolute Gasteiger partial charge is 0.237 e. The number of fused-ring (bicyclic) bond motifs is 1. The molecular weight excluding hydrogens is 424 g/mol. The van der Waals surface area contributed by atoms with Gasteiger partial charge in [0.25, 0.3) is 0 Å². The first-order chi connectivity index (χ1) is 15.3. The predicted octanol–water partition coefficient (Wildman–Crippen LogP) is 3.91. The third-order valence-electron chi connectivity index (χ3n) is 6.15. The maximum absolute atomic E-state index is 13.5. The number of amides is 1. The van der Waals surface area contributed by atoms with Crippen molar-refractivity contribution in [2.45, 2.75) is 44.9 Å². The lowest BCUT2D eigenvalue weighted by molar-refractivity contribution is -0.137. The van der Waals surface area contributed by atoms with Crippen molar-refractivity contribution in [1.29, 1.82) is 0 Å². The van der Waals surface area contributed by atoms with Gasteiger partial charge in [-0.2, -0.15) is 0 Å². The van der Waals surface area contributed by atoms with Gasteiger partial charge in [-0.1, -0.05) is 18.2 Å². The lowest BCUT2D eigenvalue weighted by Gasteiger charge is -2.40. The van der Waals surface area contributed by atoms with Gasteiger partial charge in [0, 0.05) is 24.0 Å². The number of hydrogen-bond acceptors (Lipinski definition) is 6. The van der Waals surface area contributed by atoms with E-state index >= 15 is 0 Å². The Kier molecular flexibility index (Phi) is 7.98. The molecule has 0 saturated heterocycles. The van der Waals surface area contributed by atoms with Crippen molar-refractivity contribution in [3.8, 4) is 11.5 Å². The first-order valence-corrected chi connectivity index (χ1v) is 11.8. The predicted molar refractivity (Wildman–Crippen MR) is 128 cm³/mol. The molecule has 174 valence electrons. The highest BCUT2D eigenvalue weighted by molar-refractivity contribution is 7.10. The third kappa shape index (κ3) is 5.52. The molecule has 32 heavy (non-hydrogen) atoms. The summed E-state index contributed by atoms with van der Waals surface area (Å²) < 4.78 is 11.6. The second-order valence-electron chi connectivity index (χ2n) is 8.66. The van der Waals surface area contributed by atoms with Crippen LogP contribution < -0.4 is 9.47 Å². The minimum Gasteiger partial charge on any atom is -0.493 e. The van der Waals surface area contributed by atoms with Crippen LogP contribution >= 0.6 is 11.3 Å². The zero-order valence-corrected chi connectivity index (χ0v) is 20.2. The van der Waals surface area contributed by atoms with Crippen LogP contribution in [-0.2, 0) is 11.2 Å². The van der Waals surface area contributed by atoms with Crippen LogP contribution in [-0.4, -0.2) is 65.8 Å². The first kappa shape index (κ1) is 24.3. The number of ether oxygens (including phenoxy) is 2. The highest BCUT2D eigenvalue weighted by Crippen LogP contribution is 2.35. The molecule has 2 heterocycles. The summed E-state index contributed by atoms with van der Waals surface area (Å²) >= 11 is 1.73. The Morgan fingerprint density at radius 2 is 2.09 bits per heavy atom. The average molecular weight is 459 g/mol. The summed E-state index contributed by atoms with van der Waals surface area (Å²) in [5.74, 6) is 1.35. The fourth-order valence-electron chi connectivity index (χ4n) is 4.02. The molecule has 2 unspecified atom stereocenters. The summed E-state index contributed by atoms with van der Waals surface area (Å²) in [7, 11) is 1.62. The highest BCUT2D eigenvalue weighted by Gasteiger charge is 2.35. The number of methoxy groups -OCH3 is 1. The van der Waals surface area contributed by atoms with Crippen molar-refractivity contribution in [2.24, 2.45) is 0 Å². The topological polar surface area (TPSA) is 62.2 Å². The zero-order valence-electron chi connectivity index (χ0n) is 19.4. The van der Waals surface area contributed by atoms with E-state index in [2.05, 4.69) is 18.0 Å². The molecule has 0 bridgehead atoms. The number of nitrogens with zero attached hydrogens (tertiary/aromatic N) is 2. The molecule has 1 aliphatic rings.